The molecule has 0 aliphatic heterocycles. The number of ether oxygens (including phenoxy) is 1. The number of guanidine groups is 1. The van der Waals surface area contributed by atoms with E-state index in [0.717, 1.165) is 24.7 Å². The van der Waals surface area contributed by atoms with Gasteiger partial charge in [0.1, 0.15) is 5.60 Å². The molecule has 1 amide bonds. The first-order valence-corrected chi connectivity index (χ1v) is 9.48. The summed E-state index contributed by atoms with van der Waals surface area (Å²) in [5.41, 5.74) is -0.479. The molecule has 0 spiro atoms. The number of thioether (sulfide) groups is 1. The number of nitrogens with zero attached hydrogens (tertiary/aromatic N) is 1. The van der Waals surface area contributed by atoms with Crippen molar-refractivity contribution in [2.75, 3.05) is 32.4 Å². The first kappa shape index (κ1) is 24.8. The van der Waals surface area contributed by atoms with Crippen molar-refractivity contribution in [1.82, 2.24) is 16.0 Å². The number of alkyl carbamates (subject to hydrolysis) is 1. The molecule has 0 bridgehead atoms. The molecule has 0 aliphatic carbocycles. The van der Waals surface area contributed by atoms with Gasteiger partial charge >= 0.3 is 6.09 Å². The molecule has 0 radical (unpaired) electrons. The average molecular weight is 494 g/mol. The van der Waals surface area contributed by atoms with E-state index in [9.17, 15) is 4.79 Å². The predicted molar refractivity (Wildman–Crippen MR) is 121 cm³/mol. The molecule has 0 saturated carbocycles. The minimum absolute atomic E-state index is 0. The van der Waals surface area contributed by atoms with Gasteiger partial charge in [0.2, 0.25) is 0 Å². The first-order valence-electron chi connectivity index (χ1n) is 8.50. The van der Waals surface area contributed by atoms with Gasteiger partial charge in [-0.2, -0.15) is 0 Å². The molecule has 3 N–H and O–H groups in total. The predicted octanol–water partition coefficient (Wildman–Crippen LogP) is 3.48. The number of carbonyl (C=O) groups excluding carboxylic acids is 1. The minimum atomic E-state index is -0.479. The number of aliphatic imine (C=N–C) groups is 1. The highest BCUT2D eigenvalue weighted by Gasteiger charge is 2.15. The van der Waals surface area contributed by atoms with Crippen LogP contribution in [0.25, 0.3) is 0 Å². The van der Waals surface area contributed by atoms with Crippen LogP contribution in [0.4, 0.5) is 4.79 Å². The van der Waals surface area contributed by atoms with Gasteiger partial charge in [0, 0.05) is 31.6 Å². The summed E-state index contributed by atoms with van der Waals surface area (Å²) in [6.45, 7) is 7.42. The summed E-state index contributed by atoms with van der Waals surface area (Å²) in [5.74, 6) is 1.78. The minimum Gasteiger partial charge on any atom is -0.444 e. The SMILES string of the molecule is CN=C(NCCCSc1ccccc1)NCCNC(=O)OC(C)(C)C.I. The van der Waals surface area contributed by atoms with Crippen molar-refractivity contribution in [2.45, 2.75) is 37.7 Å². The van der Waals surface area contributed by atoms with Crippen LogP contribution in [-0.4, -0.2) is 50.1 Å². The normalized spacial score (nSPS) is 11.3. The topological polar surface area (TPSA) is 74.8 Å². The van der Waals surface area contributed by atoms with E-state index in [1.807, 2.05) is 38.6 Å². The number of halogens is 1. The van der Waals surface area contributed by atoms with E-state index in [-0.39, 0.29) is 24.0 Å². The summed E-state index contributed by atoms with van der Waals surface area (Å²) >= 11 is 1.85. The Hall–Kier alpha value is -1.16. The number of nitrogens with one attached hydrogen (secondary N) is 3. The lowest BCUT2D eigenvalue weighted by Gasteiger charge is -2.19. The van der Waals surface area contributed by atoms with Crippen molar-refractivity contribution in [3.8, 4) is 0 Å². The number of hydrogen-bond donors (Lipinski definition) is 3. The van der Waals surface area contributed by atoms with Crippen molar-refractivity contribution < 1.29 is 9.53 Å². The molecule has 26 heavy (non-hydrogen) atoms. The maximum atomic E-state index is 11.5. The average Bonchev–Trinajstić information content (AvgIpc) is 2.55. The van der Waals surface area contributed by atoms with Crippen molar-refractivity contribution in [2.24, 2.45) is 4.99 Å². The fourth-order valence-electron chi connectivity index (χ4n) is 1.87. The zero-order valence-electron chi connectivity index (χ0n) is 16.0. The number of rotatable bonds is 8. The van der Waals surface area contributed by atoms with Crippen LogP contribution in [0.15, 0.2) is 40.2 Å². The van der Waals surface area contributed by atoms with Crippen LogP contribution >= 0.6 is 35.7 Å². The van der Waals surface area contributed by atoms with Gasteiger partial charge in [-0.1, -0.05) is 18.2 Å². The molecule has 1 rings (SSSR count). The Morgan fingerprint density at radius 1 is 1.08 bits per heavy atom. The maximum absolute atomic E-state index is 11.5. The molecule has 148 valence electrons. The Labute approximate surface area is 178 Å². The van der Waals surface area contributed by atoms with Crippen LogP contribution in [0.3, 0.4) is 0 Å². The van der Waals surface area contributed by atoms with Gasteiger partial charge in [0.05, 0.1) is 0 Å². The molecule has 0 heterocycles. The lowest BCUT2D eigenvalue weighted by atomic mass is 10.2. The van der Waals surface area contributed by atoms with Crippen LogP contribution in [0.1, 0.15) is 27.2 Å². The molecular formula is C18H31IN4O2S. The van der Waals surface area contributed by atoms with E-state index in [2.05, 4.69) is 45.2 Å². The molecule has 0 aromatic heterocycles. The molecule has 8 heteroatoms. The van der Waals surface area contributed by atoms with E-state index in [1.54, 1.807) is 7.05 Å². The van der Waals surface area contributed by atoms with Gasteiger partial charge in [0.15, 0.2) is 5.96 Å². The molecule has 6 nitrogen and oxygen atoms in total. The quantitative estimate of drug-likeness (QED) is 0.170. The number of hydrogen-bond acceptors (Lipinski definition) is 4. The number of benzene rings is 1. The second kappa shape index (κ2) is 14.0. The highest BCUT2D eigenvalue weighted by molar-refractivity contribution is 14.0. The molecule has 0 unspecified atom stereocenters. The van der Waals surface area contributed by atoms with Gasteiger partial charge < -0.3 is 20.7 Å². The second-order valence-corrected chi connectivity index (χ2v) is 7.54. The molecule has 0 aliphatic rings. The summed E-state index contributed by atoms with van der Waals surface area (Å²) < 4.78 is 5.17. The van der Waals surface area contributed by atoms with Crippen LogP contribution in [0, 0.1) is 0 Å². The monoisotopic (exact) mass is 494 g/mol. The van der Waals surface area contributed by atoms with E-state index >= 15 is 0 Å². The van der Waals surface area contributed by atoms with Gasteiger partial charge in [-0.05, 0) is 45.1 Å². The smallest absolute Gasteiger partial charge is 0.407 e. The molecule has 1 aromatic rings. The molecular weight excluding hydrogens is 463 g/mol. The summed E-state index contributed by atoms with van der Waals surface area (Å²) in [4.78, 5) is 17.0. The molecule has 0 fully saturated rings. The third-order valence-electron chi connectivity index (χ3n) is 2.93. The summed E-state index contributed by atoms with van der Waals surface area (Å²) in [6, 6.07) is 10.4. The fourth-order valence-corrected chi connectivity index (χ4v) is 2.74. The fraction of sp³-hybridized carbons (Fsp3) is 0.556. The lowest BCUT2D eigenvalue weighted by Crippen LogP contribution is -2.42. The Bertz CT molecular complexity index is 536. The van der Waals surface area contributed by atoms with Crippen molar-refractivity contribution in [3.63, 3.8) is 0 Å². The Kier molecular flexibility index (Phi) is 13.3. The van der Waals surface area contributed by atoms with E-state index in [1.165, 1.54) is 4.90 Å². The largest absolute Gasteiger partial charge is 0.444 e. The zero-order valence-corrected chi connectivity index (χ0v) is 19.1. The van der Waals surface area contributed by atoms with Gasteiger partial charge in [-0.25, -0.2) is 4.79 Å². The molecule has 1 aromatic carbocycles. The van der Waals surface area contributed by atoms with Gasteiger partial charge in [-0.15, -0.1) is 35.7 Å². The van der Waals surface area contributed by atoms with Crippen LogP contribution < -0.4 is 16.0 Å². The first-order chi connectivity index (χ1) is 11.9. The number of carbonyl (C=O) groups is 1. The van der Waals surface area contributed by atoms with Crippen molar-refractivity contribution in [3.05, 3.63) is 30.3 Å². The molecule has 0 atom stereocenters. The molecule has 0 saturated heterocycles. The maximum Gasteiger partial charge on any atom is 0.407 e. The van der Waals surface area contributed by atoms with E-state index < -0.39 is 11.7 Å². The van der Waals surface area contributed by atoms with Crippen molar-refractivity contribution in [1.29, 1.82) is 0 Å². The zero-order chi connectivity index (χ0) is 18.5. The van der Waals surface area contributed by atoms with Crippen LogP contribution in [-0.2, 0) is 4.74 Å². The Balaban J connectivity index is 0.00000625. The summed E-state index contributed by atoms with van der Waals surface area (Å²) in [7, 11) is 1.73. The second-order valence-electron chi connectivity index (χ2n) is 6.37. The standard InChI is InChI=1S/C18H30N4O2S.HI/c1-18(2,3)24-17(23)22-13-12-21-16(19-4)20-11-8-14-25-15-9-6-5-7-10-15;/h5-7,9-10H,8,11-14H2,1-4H3,(H,22,23)(H2,19,20,21);1H. The lowest BCUT2D eigenvalue weighted by molar-refractivity contribution is 0.0529. The number of amides is 1. The van der Waals surface area contributed by atoms with E-state index in [0.29, 0.717) is 13.1 Å². The van der Waals surface area contributed by atoms with Crippen molar-refractivity contribution >= 4 is 47.8 Å². The third-order valence-corrected chi connectivity index (χ3v) is 4.03. The highest BCUT2D eigenvalue weighted by atomic mass is 127. The van der Waals surface area contributed by atoms with E-state index in [4.69, 9.17) is 4.74 Å². The van der Waals surface area contributed by atoms with Crippen LogP contribution in [0.5, 0.6) is 0 Å². The van der Waals surface area contributed by atoms with Crippen LogP contribution in [0.2, 0.25) is 0 Å². The Morgan fingerprint density at radius 2 is 1.69 bits per heavy atom. The van der Waals surface area contributed by atoms with Gasteiger partial charge in [0.25, 0.3) is 0 Å². The van der Waals surface area contributed by atoms with Gasteiger partial charge in [-0.3, -0.25) is 4.99 Å². The third kappa shape index (κ3) is 13.1. The summed E-state index contributed by atoms with van der Waals surface area (Å²) in [5, 5.41) is 9.13. The summed E-state index contributed by atoms with van der Waals surface area (Å²) in [6.07, 6.45) is 0.631. The highest BCUT2D eigenvalue weighted by Crippen LogP contribution is 2.17. The Morgan fingerprint density at radius 3 is 2.31 bits per heavy atom.